The zero-order valence-corrected chi connectivity index (χ0v) is 14.3. The van der Waals surface area contributed by atoms with Gasteiger partial charge in [-0.05, 0) is 50.8 Å². The van der Waals surface area contributed by atoms with Crippen molar-refractivity contribution in [2.24, 2.45) is 5.41 Å². The number of thiocarbonyl (C=S) groups is 1. The second kappa shape index (κ2) is 7.52. The van der Waals surface area contributed by atoms with Gasteiger partial charge in [-0.2, -0.15) is 0 Å². The summed E-state index contributed by atoms with van der Waals surface area (Å²) in [6.45, 7) is 7.95. The molecule has 2 N–H and O–H groups in total. The summed E-state index contributed by atoms with van der Waals surface area (Å²) in [6.07, 6.45) is 0. The molecule has 0 atom stereocenters. The summed E-state index contributed by atoms with van der Waals surface area (Å²) in [6, 6.07) is 7.41. The third-order valence-electron chi connectivity index (χ3n) is 3.01. The van der Waals surface area contributed by atoms with Crippen LogP contribution in [0.2, 0.25) is 0 Å². The molecule has 0 heterocycles. The van der Waals surface area contributed by atoms with Crippen LogP contribution in [0.15, 0.2) is 24.3 Å². The molecule has 0 saturated heterocycles. The van der Waals surface area contributed by atoms with Crippen molar-refractivity contribution in [2.75, 3.05) is 27.2 Å². The first kappa shape index (κ1) is 17.6. The minimum Gasteiger partial charge on any atom is -0.362 e. The van der Waals surface area contributed by atoms with E-state index in [-0.39, 0.29) is 11.3 Å². The zero-order chi connectivity index (χ0) is 16.0. The summed E-state index contributed by atoms with van der Waals surface area (Å²) < 4.78 is 0. The van der Waals surface area contributed by atoms with E-state index in [0.717, 1.165) is 12.1 Å². The first-order valence-corrected chi connectivity index (χ1v) is 7.41. The highest BCUT2D eigenvalue weighted by molar-refractivity contribution is 7.80. The average molecular weight is 307 g/mol. The Hall–Kier alpha value is -1.46. The van der Waals surface area contributed by atoms with Crippen LogP contribution >= 0.6 is 12.2 Å². The Balaban J connectivity index is 2.47. The minimum atomic E-state index is -0.182. The van der Waals surface area contributed by atoms with E-state index in [2.05, 4.69) is 29.4 Å². The van der Waals surface area contributed by atoms with Crippen LogP contribution < -0.4 is 10.6 Å². The number of amides is 1. The molecule has 0 saturated carbocycles. The predicted molar refractivity (Wildman–Crippen MR) is 91.6 cm³/mol. The van der Waals surface area contributed by atoms with E-state index in [1.165, 1.54) is 0 Å². The van der Waals surface area contributed by atoms with E-state index in [1.807, 2.05) is 33.2 Å². The van der Waals surface area contributed by atoms with Gasteiger partial charge in [0.05, 0.1) is 0 Å². The minimum absolute atomic E-state index is 0.0716. The Bertz CT molecular complexity index is 495. The van der Waals surface area contributed by atoms with Gasteiger partial charge >= 0.3 is 0 Å². The fourth-order valence-electron chi connectivity index (χ4n) is 2.16. The van der Waals surface area contributed by atoms with Crippen molar-refractivity contribution in [2.45, 2.75) is 20.8 Å². The van der Waals surface area contributed by atoms with Crippen molar-refractivity contribution >= 4 is 23.2 Å². The van der Waals surface area contributed by atoms with Crippen molar-refractivity contribution < 1.29 is 4.79 Å². The van der Waals surface area contributed by atoms with Gasteiger partial charge in [0.25, 0.3) is 5.91 Å². The van der Waals surface area contributed by atoms with Crippen LogP contribution in [-0.2, 0) is 0 Å². The molecular weight excluding hydrogens is 282 g/mol. The largest absolute Gasteiger partial charge is 0.362 e. The zero-order valence-electron chi connectivity index (χ0n) is 13.5. The number of nitrogens with one attached hydrogen (secondary N) is 2. The highest BCUT2D eigenvalue weighted by atomic mass is 32.1. The summed E-state index contributed by atoms with van der Waals surface area (Å²) in [7, 11) is 4.08. The monoisotopic (exact) mass is 307 g/mol. The molecule has 0 aliphatic heterocycles. The molecule has 0 aromatic heterocycles. The highest BCUT2D eigenvalue weighted by Gasteiger charge is 2.19. The Kier molecular flexibility index (Phi) is 6.30. The molecule has 1 aromatic carbocycles. The van der Waals surface area contributed by atoms with Crippen LogP contribution in [-0.4, -0.2) is 43.1 Å². The van der Waals surface area contributed by atoms with E-state index in [9.17, 15) is 4.79 Å². The van der Waals surface area contributed by atoms with Crippen molar-refractivity contribution in [1.29, 1.82) is 0 Å². The summed E-state index contributed by atoms with van der Waals surface area (Å²) in [5, 5.41) is 6.19. The van der Waals surface area contributed by atoms with E-state index < -0.39 is 0 Å². The third-order valence-corrected chi connectivity index (χ3v) is 3.26. The lowest BCUT2D eigenvalue weighted by Crippen LogP contribution is -2.45. The topological polar surface area (TPSA) is 44.4 Å². The quantitative estimate of drug-likeness (QED) is 0.819. The highest BCUT2D eigenvalue weighted by Crippen LogP contribution is 2.13. The number of rotatable bonds is 5. The van der Waals surface area contributed by atoms with Crippen LogP contribution in [0, 0.1) is 12.3 Å². The molecule has 5 heteroatoms. The van der Waals surface area contributed by atoms with Crippen molar-refractivity contribution in [3.63, 3.8) is 0 Å². The van der Waals surface area contributed by atoms with Gasteiger partial charge < -0.3 is 10.2 Å². The van der Waals surface area contributed by atoms with Crippen LogP contribution in [0.25, 0.3) is 0 Å². The van der Waals surface area contributed by atoms with E-state index >= 15 is 0 Å². The van der Waals surface area contributed by atoms with Crippen LogP contribution in [0.3, 0.4) is 0 Å². The van der Waals surface area contributed by atoms with Gasteiger partial charge in [0.2, 0.25) is 0 Å². The van der Waals surface area contributed by atoms with Gasteiger partial charge in [-0.25, -0.2) is 0 Å². The molecule has 1 amide bonds. The molecule has 0 aliphatic rings. The Morgan fingerprint density at radius 3 is 2.33 bits per heavy atom. The smallest absolute Gasteiger partial charge is 0.257 e. The third kappa shape index (κ3) is 6.69. The lowest BCUT2D eigenvalue weighted by Gasteiger charge is -2.28. The maximum absolute atomic E-state index is 12.0. The van der Waals surface area contributed by atoms with Crippen molar-refractivity contribution in [3.8, 4) is 0 Å². The maximum atomic E-state index is 12.0. The van der Waals surface area contributed by atoms with Gasteiger partial charge in [-0.3, -0.25) is 10.1 Å². The van der Waals surface area contributed by atoms with Gasteiger partial charge in [0.1, 0.15) is 0 Å². The average Bonchev–Trinajstić information content (AvgIpc) is 2.36. The molecular formula is C16H25N3OS. The molecule has 0 unspecified atom stereocenters. The van der Waals surface area contributed by atoms with E-state index in [4.69, 9.17) is 12.2 Å². The van der Waals surface area contributed by atoms with Crippen LogP contribution in [0.1, 0.15) is 29.8 Å². The molecule has 4 nitrogen and oxygen atoms in total. The molecule has 0 fully saturated rings. The number of benzene rings is 1. The summed E-state index contributed by atoms with van der Waals surface area (Å²) in [4.78, 5) is 14.2. The van der Waals surface area contributed by atoms with Gasteiger partial charge in [-0.15, -0.1) is 0 Å². The maximum Gasteiger partial charge on any atom is 0.257 e. The Labute approximate surface area is 132 Å². The molecule has 116 valence electrons. The van der Waals surface area contributed by atoms with Gasteiger partial charge in [0, 0.05) is 18.7 Å². The second-order valence-electron chi connectivity index (χ2n) is 6.40. The van der Waals surface area contributed by atoms with Gasteiger partial charge in [-0.1, -0.05) is 31.5 Å². The number of hydrogen-bond acceptors (Lipinski definition) is 3. The van der Waals surface area contributed by atoms with E-state index in [0.29, 0.717) is 17.2 Å². The SMILES string of the molecule is Cc1ccc(C(=O)NC(=S)NCC(C)(C)CN(C)C)cc1. The first-order valence-electron chi connectivity index (χ1n) is 7.00. The number of nitrogens with zero attached hydrogens (tertiary/aromatic N) is 1. The number of carbonyl (C=O) groups excluding carboxylic acids is 1. The van der Waals surface area contributed by atoms with Crippen LogP contribution in [0.4, 0.5) is 0 Å². The standard InChI is InChI=1S/C16H25N3OS/c1-12-6-8-13(9-7-12)14(20)18-15(21)17-10-16(2,3)11-19(4)5/h6-9H,10-11H2,1-5H3,(H2,17,18,20,21). The first-order chi connectivity index (χ1) is 9.69. The number of aryl methyl sites for hydroxylation is 1. The van der Waals surface area contributed by atoms with Gasteiger partial charge in [0.15, 0.2) is 5.11 Å². The summed E-state index contributed by atoms with van der Waals surface area (Å²) in [5.74, 6) is -0.182. The Morgan fingerprint density at radius 1 is 1.24 bits per heavy atom. The van der Waals surface area contributed by atoms with Crippen molar-refractivity contribution in [1.82, 2.24) is 15.5 Å². The fourth-order valence-corrected chi connectivity index (χ4v) is 2.32. The van der Waals surface area contributed by atoms with Crippen molar-refractivity contribution in [3.05, 3.63) is 35.4 Å². The molecule has 1 aromatic rings. The lowest BCUT2D eigenvalue weighted by molar-refractivity contribution is 0.0976. The molecule has 0 spiro atoms. The molecule has 1 rings (SSSR count). The van der Waals surface area contributed by atoms with Crippen LogP contribution in [0.5, 0.6) is 0 Å². The fraction of sp³-hybridized carbons (Fsp3) is 0.500. The lowest BCUT2D eigenvalue weighted by atomic mass is 9.93. The number of carbonyl (C=O) groups is 1. The normalized spacial score (nSPS) is 11.3. The number of hydrogen-bond donors (Lipinski definition) is 2. The van der Waals surface area contributed by atoms with E-state index in [1.54, 1.807) is 12.1 Å². The predicted octanol–water partition coefficient (Wildman–Crippen LogP) is 2.19. The molecule has 0 aliphatic carbocycles. The molecule has 21 heavy (non-hydrogen) atoms. The second-order valence-corrected chi connectivity index (χ2v) is 6.81. The molecule has 0 radical (unpaired) electrons. The Morgan fingerprint density at radius 2 is 1.81 bits per heavy atom. The summed E-state index contributed by atoms with van der Waals surface area (Å²) in [5.41, 5.74) is 1.80. The molecule has 0 bridgehead atoms. The summed E-state index contributed by atoms with van der Waals surface area (Å²) >= 11 is 5.18.